The van der Waals surface area contributed by atoms with Gasteiger partial charge in [-0.25, -0.2) is 0 Å². The molecule has 5 heteroatoms. The smallest absolute Gasteiger partial charge is 0.307 e. The Labute approximate surface area is 112 Å². The number of fused-ring (bicyclic) bond motifs is 2. The van der Waals surface area contributed by atoms with Gasteiger partial charge >= 0.3 is 11.9 Å². The summed E-state index contributed by atoms with van der Waals surface area (Å²) in [5, 5.41) is 17.8. The first-order valence-electron chi connectivity index (χ1n) is 4.57. The molecule has 0 amide bonds. The third-order valence-corrected chi connectivity index (χ3v) is 3.49. The quantitative estimate of drug-likeness (QED) is 0.667. The Morgan fingerprint density at radius 2 is 1.29 bits per heavy atom. The molecular weight excluding hydrogens is 212 g/mol. The van der Waals surface area contributed by atoms with E-state index in [9.17, 15) is 9.59 Å². The maximum absolute atomic E-state index is 10.8. The zero-order valence-electron chi connectivity index (χ0n) is 7.85. The number of carboxylic acid groups (broad SMARTS) is 2. The summed E-state index contributed by atoms with van der Waals surface area (Å²) in [6, 6.07) is 0. The molecule has 0 heterocycles. The third-order valence-electron chi connectivity index (χ3n) is 3.49. The fourth-order valence-electron chi connectivity index (χ4n) is 3.00. The van der Waals surface area contributed by atoms with E-state index in [4.69, 9.17) is 10.2 Å². The van der Waals surface area contributed by atoms with Gasteiger partial charge in [-0.3, -0.25) is 9.59 Å². The molecule has 0 aromatic rings. The number of hydrogen-bond donors (Lipinski definition) is 2. The van der Waals surface area contributed by atoms with Crippen LogP contribution < -0.4 is 0 Å². The minimum Gasteiger partial charge on any atom is -0.481 e. The minimum absolute atomic E-state index is 0. The summed E-state index contributed by atoms with van der Waals surface area (Å²) in [6.07, 6.45) is 2.59. The van der Waals surface area contributed by atoms with Crippen molar-refractivity contribution < 1.29 is 19.8 Å². The van der Waals surface area contributed by atoms with Crippen LogP contribution in [-0.4, -0.2) is 59.9 Å². The zero-order valence-corrected chi connectivity index (χ0v) is 10.1. The summed E-state index contributed by atoms with van der Waals surface area (Å²) >= 11 is 0. The van der Waals surface area contributed by atoms with Gasteiger partial charge in [0.15, 0.2) is 0 Å². The van der Waals surface area contributed by atoms with Crippen LogP contribution in [0.1, 0.15) is 19.3 Å². The summed E-state index contributed by atoms with van der Waals surface area (Å²) in [4.78, 5) is 21.7. The molecule has 2 bridgehead atoms. The van der Waals surface area contributed by atoms with Gasteiger partial charge in [0.1, 0.15) is 0 Å². The van der Waals surface area contributed by atoms with Crippen LogP contribution in [0.5, 0.6) is 0 Å². The van der Waals surface area contributed by atoms with Gasteiger partial charge in [0.05, 0.1) is 11.8 Å². The van der Waals surface area contributed by atoms with Crippen LogP contribution in [0.2, 0.25) is 0 Å². The van der Waals surface area contributed by atoms with E-state index in [1.54, 1.807) is 0 Å². The first kappa shape index (κ1) is 12.3. The van der Waals surface area contributed by atoms with Crippen LogP contribution in [0, 0.1) is 23.7 Å². The van der Waals surface area contributed by atoms with Crippen LogP contribution in [0.25, 0.3) is 0 Å². The van der Waals surface area contributed by atoms with Gasteiger partial charge in [-0.05, 0) is 31.1 Å². The SMILES string of the molecule is O=C(O)C1C2CCC(C2)C1C(=O)O.[Ca]. The molecule has 0 aromatic heterocycles. The second kappa shape index (κ2) is 4.37. The van der Waals surface area contributed by atoms with E-state index in [0.717, 1.165) is 19.3 Å². The molecule has 4 atom stereocenters. The van der Waals surface area contributed by atoms with Crippen molar-refractivity contribution in [1.29, 1.82) is 0 Å². The van der Waals surface area contributed by atoms with Crippen molar-refractivity contribution in [3.05, 3.63) is 0 Å². The standard InChI is InChI=1S/C9H12O4.Ca/c10-8(11)6-4-1-2-5(3-4)7(6)9(12)13;/h4-7H,1-3H2,(H,10,11)(H,12,13);. The Hall–Kier alpha value is 0.200. The molecule has 2 aliphatic carbocycles. The Balaban J connectivity index is 0.000000980. The largest absolute Gasteiger partial charge is 0.481 e. The van der Waals surface area contributed by atoms with Gasteiger partial charge in [0.25, 0.3) is 0 Å². The average Bonchev–Trinajstić information content (AvgIpc) is 2.60. The van der Waals surface area contributed by atoms with Crippen molar-refractivity contribution >= 4 is 49.7 Å². The van der Waals surface area contributed by atoms with Gasteiger partial charge < -0.3 is 10.2 Å². The van der Waals surface area contributed by atoms with E-state index in [-0.39, 0.29) is 49.6 Å². The summed E-state index contributed by atoms with van der Waals surface area (Å²) in [6.45, 7) is 0. The Kier molecular flexibility index (Phi) is 3.83. The van der Waals surface area contributed by atoms with E-state index in [2.05, 4.69) is 0 Å². The number of carbonyl (C=O) groups is 2. The molecule has 2 aliphatic rings. The fourth-order valence-corrected chi connectivity index (χ4v) is 3.00. The normalized spacial score (nSPS) is 39.1. The molecule has 14 heavy (non-hydrogen) atoms. The van der Waals surface area contributed by atoms with Crippen molar-refractivity contribution in [2.24, 2.45) is 23.7 Å². The molecule has 2 rings (SSSR count). The van der Waals surface area contributed by atoms with Crippen molar-refractivity contribution in [3.63, 3.8) is 0 Å². The Morgan fingerprint density at radius 1 is 0.929 bits per heavy atom. The molecule has 2 radical (unpaired) electrons. The van der Waals surface area contributed by atoms with Gasteiger partial charge in [0, 0.05) is 37.7 Å². The number of rotatable bonds is 2. The van der Waals surface area contributed by atoms with Gasteiger partial charge in [-0.2, -0.15) is 0 Å². The third kappa shape index (κ3) is 1.79. The van der Waals surface area contributed by atoms with Gasteiger partial charge in [-0.15, -0.1) is 0 Å². The minimum atomic E-state index is -0.931. The predicted octanol–water partition coefficient (Wildman–Crippen LogP) is 0.437. The first-order valence-corrected chi connectivity index (χ1v) is 4.57. The van der Waals surface area contributed by atoms with E-state index in [0.29, 0.717) is 0 Å². The molecule has 0 aromatic carbocycles. The first-order chi connectivity index (χ1) is 6.11. The van der Waals surface area contributed by atoms with Gasteiger partial charge in [-0.1, -0.05) is 0 Å². The number of hydrogen-bond acceptors (Lipinski definition) is 2. The molecule has 4 unspecified atom stereocenters. The number of carboxylic acids is 2. The second-order valence-electron chi connectivity index (χ2n) is 4.06. The number of aliphatic carboxylic acids is 2. The van der Waals surface area contributed by atoms with Crippen molar-refractivity contribution in [2.45, 2.75) is 19.3 Å². The summed E-state index contributed by atoms with van der Waals surface area (Å²) < 4.78 is 0. The van der Waals surface area contributed by atoms with Crippen LogP contribution >= 0.6 is 0 Å². The Morgan fingerprint density at radius 3 is 1.57 bits per heavy atom. The maximum Gasteiger partial charge on any atom is 0.307 e. The summed E-state index contributed by atoms with van der Waals surface area (Å²) in [5.74, 6) is -2.89. The van der Waals surface area contributed by atoms with E-state index < -0.39 is 23.8 Å². The molecule has 0 saturated heterocycles. The Bertz CT molecular complexity index is 240. The van der Waals surface area contributed by atoms with Crippen LogP contribution in [0.15, 0.2) is 0 Å². The summed E-state index contributed by atoms with van der Waals surface area (Å²) in [5.41, 5.74) is 0. The molecule has 2 N–H and O–H groups in total. The molecule has 2 fully saturated rings. The van der Waals surface area contributed by atoms with Crippen molar-refractivity contribution in [3.8, 4) is 0 Å². The monoisotopic (exact) mass is 224 g/mol. The molecule has 4 nitrogen and oxygen atoms in total. The van der Waals surface area contributed by atoms with Gasteiger partial charge in [0.2, 0.25) is 0 Å². The second-order valence-corrected chi connectivity index (χ2v) is 4.06. The van der Waals surface area contributed by atoms with Crippen molar-refractivity contribution in [2.75, 3.05) is 0 Å². The predicted molar refractivity (Wildman–Crippen MR) is 48.8 cm³/mol. The van der Waals surface area contributed by atoms with Crippen LogP contribution in [0.4, 0.5) is 0 Å². The van der Waals surface area contributed by atoms with Crippen molar-refractivity contribution in [1.82, 2.24) is 0 Å². The molecule has 0 spiro atoms. The molecule has 0 aliphatic heterocycles. The van der Waals surface area contributed by atoms with Crippen LogP contribution in [0.3, 0.4) is 0 Å². The molecular formula is C9H12CaO4. The van der Waals surface area contributed by atoms with E-state index in [1.807, 2.05) is 0 Å². The molecule has 74 valence electrons. The topological polar surface area (TPSA) is 74.6 Å². The molecule has 2 saturated carbocycles. The van der Waals surface area contributed by atoms with E-state index >= 15 is 0 Å². The average molecular weight is 224 g/mol. The maximum atomic E-state index is 10.8. The fraction of sp³-hybridized carbons (Fsp3) is 0.778. The zero-order chi connectivity index (χ0) is 9.59. The summed E-state index contributed by atoms with van der Waals surface area (Å²) in [7, 11) is 0. The van der Waals surface area contributed by atoms with Crippen LogP contribution in [-0.2, 0) is 9.59 Å². The van der Waals surface area contributed by atoms with E-state index in [1.165, 1.54) is 0 Å².